The molecule has 0 spiro atoms. The van der Waals surface area contributed by atoms with Gasteiger partial charge in [0.1, 0.15) is 6.17 Å². The van der Waals surface area contributed by atoms with Crippen molar-refractivity contribution < 1.29 is 14.3 Å². The number of hydrogen-bond donors (Lipinski definition) is 1. The lowest BCUT2D eigenvalue weighted by molar-refractivity contribution is -0.139. The number of rotatable bonds is 3. The van der Waals surface area contributed by atoms with Gasteiger partial charge < -0.3 is 5.11 Å². The van der Waals surface area contributed by atoms with Crippen LogP contribution in [0.1, 0.15) is 65.2 Å². The third-order valence-electron chi connectivity index (χ3n) is 9.51. The van der Waals surface area contributed by atoms with Gasteiger partial charge in [0, 0.05) is 18.3 Å². The number of nitrogens with zero attached hydrogens (tertiary/aromatic N) is 2. The van der Waals surface area contributed by atoms with Gasteiger partial charge in [0.25, 0.3) is 0 Å². The van der Waals surface area contributed by atoms with Crippen molar-refractivity contribution in [3.8, 4) is 0 Å². The number of carbonyl (C=O) groups is 1. The van der Waals surface area contributed by atoms with Crippen LogP contribution in [0.25, 0.3) is 0 Å². The first-order valence-corrected chi connectivity index (χ1v) is 11.6. The molecule has 1 aromatic rings. The van der Waals surface area contributed by atoms with Crippen LogP contribution in [0.5, 0.6) is 0 Å². The highest BCUT2D eigenvalue weighted by molar-refractivity contribution is 5.82. The lowest BCUT2D eigenvalue weighted by Crippen LogP contribution is -2.54. The second-order valence-electron chi connectivity index (χ2n) is 11.1. The van der Waals surface area contributed by atoms with E-state index in [2.05, 4.69) is 12.0 Å². The van der Waals surface area contributed by atoms with E-state index < -0.39 is 11.8 Å². The van der Waals surface area contributed by atoms with E-state index in [4.69, 9.17) is 0 Å². The molecular weight excluding hydrogens is 367 g/mol. The van der Waals surface area contributed by atoms with E-state index in [-0.39, 0.29) is 17.3 Å². The van der Waals surface area contributed by atoms with Gasteiger partial charge in [-0.3, -0.25) is 9.48 Å². The molecule has 0 aromatic carbocycles. The Labute approximate surface area is 173 Å². The third kappa shape index (κ3) is 3.19. The number of fused-ring (bicyclic) bond motifs is 5. The molecule has 4 aliphatic carbocycles. The Bertz CT molecular complexity index is 763. The SMILES string of the molecule is CC1(O)CCC2C(C1)C(F)CC1C2CCC2(C)C(C(=O)Cn3cccn3)CCC12. The fraction of sp³-hybridized carbons (Fsp3) is 0.833. The Balaban J connectivity index is 1.35. The third-order valence-corrected chi connectivity index (χ3v) is 9.51. The number of ketones is 1. The van der Waals surface area contributed by atoms with Crippen molar-refractivity contribution in [1.29, 1.82) is 0 Å². The molecule has 1 aromatic heterocycles. The van der Waals surface area contributed by atoms with Crippen LogP contribution in [0.15, 0.2) is 18.5 Å². The van der Waals surface area contributed by atoms with Crippen LogP contribution in [0.2, 0.25) is 0 Å². The molecule has 160 valence electrons. The predicted molar refractivity (Wildman–Crippen MR) is 109 cm³/mol. The second kappa shape index (κ2) is 6.90. The second-order valence-corrected chi connectivity index (χ2v) is 11.1. The van der Waals surface area contributed by atoms with Crippen molar-refractivity contribution in [2.45, 2.75) is 83.5 Å². The van der Waals surface area contributed by atoms with E-state index in [0.29, 0.717) is 48.8 Å². The number of halogens is 1. The van der Waals surface area contributed by atoms with E-state index in [1.807, 2.05) is 19.2 Å². The van der Waals surface area contributed by atoms with Gasteiger partial charge in [-0.15, -0.1) is 0 Å². The molecule has 5 heteroatoms. The standard InChI is InChI=1S/C24H35FN2O2/c1-23(29)8-6-16-15-7-9-24(2)19(17(15)12-21(25)18(16)13-23)4-5-20(24)22(28)14-27-11-3-10-26-27/h3,10-11,15-21,29H,4-9,12-14H2,1-2H3. The van der Waals surface area contributed by atoms with Crippen LogP contribution in [0.3, 0.4) is 0 Å². The minimum atomic E-state index is -0.797. The lowest BCUT2D eigenvalue weighted by atomic mass is 9.48. The van der Waals surface area contributed by atoms with E-state index in [9.17, 15) is 9.90 Å². The summed E-state index contributed by atoms with van der Waals surface area (Å²) < 4.78 is 17.1. The molecule has 0 bridgehead atoms. The van der Waals surface area contributed by atoms with Crippen molar-refractivity contribution in [2.24, 2.45) is 40.9 Å². The van der Waals surface area contributed by atoms with Crippen LogP contribution < -0.4 is 0 Å². The van der Waals surface area contributed by atoms with Crippen molar-refractivity contribution in [3.63, 3.8) is 0 Å². The molecule has 0 radical (unpaired) electrons. The highest BCUT2D eigenvalue weighted by Crippen LogP contribution is 2.65. The summed E-state index contributed by atoms with van der Waals surface area (Å²) in [6.45, 7) is 4.56. The summed E-state index contributed by atoms with van der Waals surface area (Å²) in [7, 11) is 0. The molecule has 0 amide bonds. The summed E-state index contributed by atoms with van der Waals surface area (Å²) >= 11 is 0. The fourth-order valence-electron chi connectivity index (χ4n) is 8.20. The van der Waals surface area contributed by atoms with Crippen LogP contribution in [-0.4, -0.2) is 32.4 Å². The smallest absolute Gasteiger partial charge is 0.157 e. The number of hydrogen-bond acceptors (Lipinski definition) is 3. The summed E-state index contributed by atoms with van der Waals surface area (Å²) in [6.07, 6.45) is 10.0. The van der Waals surface area contributed by atoms with Crippen molar-refractivity contribution in [1.82, 2.24) is 9.78 Å². The maximum Gasteiger partial charge on any atom is 0.157 e. The normalized spacial score (nSPS) is 49.2. The number of aliphatic hydroxyl groups is 1. The monoisotopic (exact) mass is 402 g/mol. The topological polar surface area (TPSA) is 55.1 Å². The largest absolute Gasteiger partial charge is 0.390 e. The Kier molecular flexibility index (Phi) is 4.69. The Morgan fingerprint density at radius 2 is 1.90 bits per heavy atom. The maximum absolute atomic E-state index is 15.3. The summed E-state index contributed by atoms with van der Waals surface area (Å²) in [6, 6.07) is 1.86. The molecule has 1 N–H and O–H groups in total. The van der Waals surface area contributed by atoms with E-state index in [0.717, 1.165) is 38.5 Å². The quantitative estimate of drug-likeness (QED) is 0.814. The first-order valence-electron chi connectivity index (χ1n) is 11.6. The Hall–Kier alpha value is -1.23. The zero-order valence-electron chi connectivity index (χ0n) is 17.8. The molecule has 4 aliphatic rings. The van der Waals surface area contributed by atoms with Crippen LogP contribution in [-0.2, 0) is 11.3 Å². The van der Waals surface area contributed by atoms with E-state index in [1.165, 1.54) is 0 Å². The summed E-state index contributed by atoms with van der Waals surface area (Å²) in [5.41, 5.74) is -0.684. The summed E-state index contributed by atoms with van der Waals surface area (Å²) in [4.78, 5) is 13.1. The molecule has 0 saturated heterocycles. The number of carbonyl (C=O) groups excluding carboxylic acids is 1. The molecule has 9 unspecified atom stereocenters. The van der Waals surface area contributed by atoms with E-state index >= 15 is 4.39 Å². The zero-order chi connectivity index (χ0) is 20.4. The zero-order valence-corrected chi connectivity index (χ0v) is 17.8. The minimum Gasteiger partial charge on any atom is -0.390 e. The highest BCUT2D eigenvalue weighted by Gasteiger charge is 2.60. The average Bonchev–Trinajstić information content (AvgIpc) is 3.28. The average molecular weight is 403 g/mol. The van der Waals surface area contributed by atoms with Crippen LogP contribution >= 0.6 is 0 Å². The fourth-order valence-corrected chi connectivity index (χ4v) is 8.20. The van der Waals surface area contributed by atoms with Crippen LogP contribution in [0.4, 0.5) is 4.39 Å². The van der Waals surface area contributed by atoms with Crippen molar-refractivity contribution in [2.75, 3.05) is 0 Å². The van der Waals surface area contributed by atoms with Gasteiger partial charge in [-0.1, -0.05) is 6.92 Å². The molecule has 5 rings (SSSR count). The number of Topliss-reactive ketones (excluding diaryl/α,β-unsaturated/α-hetero) is 1. The molecule has 4 fully saturated rings. The van der Waals surface area contributed by atoms with Crippen molar-refractivity contribution in [3.05, 3.63) is 18.5 Å². The van der Waals surface area contributed by atoms with Gasteiger partial charge in [-0.25, -0.2) is 4.39 Å². The van der Waals surface area contributed by atoms with Gasteiger partial charge in [-0.2, -0.15) is 5.10 Å². The maximum atomic E-state index is 15.3. The molecule has 0 aliphatic heterocycles. The molecule has 1 heterocycles. The number of alkyl halides is 1. The Morgan fingerprint density at radius 1 is 1.14 bits per heavy atom. The van der Waals surface area contributed by atoms with Gasteiger partial charge in [-0.05, 0) is 99.4 Å². The minimum absolute atomic E-state index is 0.0120. The van der Waals surface area contributed by atoms with Gasteiger partial charge in [0.05, 0.1) is 12.1 Å². The summed E-state index contributed by atoms with van der Waals surface area (Å²) in [5, 5.41) is 14.7. The van der Waals surface area contributed by atoms with Gasteiger partial charge in [0.2, 0.25) is 0 Å². The molecular formula is C24H35FN2O2. The first-order chi connectivity index (χ1) is 13.8. The summed E-state index contributed by atoms with van der Waals surface area (Å²) in [5.74, 6) is 2.30. The molecule has 4 saturated carbocycles. The van der Waals surface area contributed by atoms with Crippen LogP contribution in [0, 0.1) is 40.9 Å². The molecule has 4 nitrogen and oxygen atoms in total. The van der Waals surface area contributed by atoms with E-state index in [1.54, 1.807) is 10.9 Å². The van der Waals surface area contributed by atoms with Gasteiger partial charge in [0.15, 0.2) is 5.78 Å². The van der Waals surface area contributed by atoms with Gasteiger partial charge >= 0.3 is 0 Å². The molecule has 29 heavy (non-hydrogen) atoms. The van der Waals surface area contributed by atoms with Crippen molar-refractivity contribution >= 4 is 5.78 Å². The predicted octanol–water partition coefficient (Wildman–Crippen LogP) is 4.42. The lowest BCUT2D eigenvalue weighted by Gasteiger charge is -2.57. The number of aromatic nitrogens is 2. The molecule has 9 atom stereocenters. The first kappa shape index (κ1) is 19.7. The Morgan fingerprint density at radius 3 is 2.66 bits per heavy atom. The highest BCUT2D eigenvalue weighted by atomic mass is 19.1.